The average Bonchev–Trinajstić information content (AvgIpc) is 3.54. The number of carbonyl (C=O) groups is 4. The molecular weight excluding hydrogens is 438 g/mol. The quantitative estimate of drug-likeness (QED) is 0.643. The minimum Gasteiger partial charge on any atom is -0.459 e. The summed E-state index contributed by atoms with van der Waals surface area (Å²) in [5.74, 6) is -0.751. The number of hydrogen-bond donors (Lipinski definition) is 2. The van der Waals surface area contributed by atoms with Gasteiger partial charge in [-0.1, -0.05) is 32.1 Å². The summed E-state index contributed by atoms with van der Waals surface area (Å²) in [7, 11) is 0. The van der Waals surface area contributed by atoms with Crippen LogP contribution in [0.1, 0.15) is 72.5 Å². The van der Waals surface area contributed by atoms with Crippen molar-refractivity contribution < 1.29 is 28.0 Å². The van der Waals surface area contributed by atoms with Crippen LogP contribution >= 0.6 is 0 Å². The molecule has 0 radical (unpaired) electrons. The summed E-state index contributed by atoms with van der Waals surface area (Å²) in [6, 6.07) is 4.87. The summed E-state index contributed by atoms with van der Waals surface area (Å²) >= 11 is 0. The zero-order chi connectivity index (χ0) is 23.9. The molecule has 0 spiro atoms. The predicted octanol–water partition coefficient (Wildman–Crippen LogP) is 2.93. The van der Waals surface area contributed by atoms with Gasteiger partial charge in [-0.3, -0.25) is 19.2 Å². The number of ketones is 1. The first-order valence-corrected chi connectivity index (χ1v) is 12.0. The first kappa shape index (κ1) is 23.8. The molecule has 1 saturated heterocycles. The molecule has 9 nitrogen and oxygen atoms in total. The van der Waals surface area contributed by atoms with Crippen molar-refractivity contribution in [3.8, 4) is 0 Å². The van der Waals surface area contributed by atoms with Crippen molar-refractivity contribution in [2.75, 3.05) is 13.1 Å². The highest BCUT2D eigenvalue weighted by Gasteiger charge is 2.33. The van der Waals surface area contributed by atoms with Crippen LogP contribution in [0.2, 0.25) is 0 Å². The zero-order valence-electron chi connectivity index (χ0n) is 19.2. The lowest BCUT2D eigenvalue weighted by atomic mass is 9.84. The number of nitrogens with zero attached hydrogens (tertiary/aromatic N) is 1. The molecule has 0 unspecified atom stereocenters. The minimum atomic E-state index is -0.766. The lowest BCUT2D eigenvalue weighted by Crippen LogP contribution is -2.53. The standard InChI is InChI=1S/C25H31N3O6/c29-20-16-28(25(32)22-11-6-14-34-22)12-4-9-18(20)26-23(30)19(15-17-7-2-1-3-8-17)27-24(31)21-10-5-13-33-21/h5-6,10-11,13-14,17-19H,1-4,7-9,12,15-16H2,(H,26,30)(H,27,31)/t18-,19-/m0/s1. The number of hydrogen-bond acceptors (Lipinski definition) is 6. The molecule has 1 aliphatic heterocycles. The van der Waals surface area contributed by atoms with Gasteiger partial charge in [0.25, 0.3) is 11.8 Å². The van der Waals surface area contributed by atoms with Crippen molar-refractivity contribution >= 4 is 23.5 Å². The maximum atomic E-state index is 13.2. The molecule has 182 valence electrons. The van der Waals surface area contributed by atoms with Crippen molar-refractivity contribution in [2.45, 2.75) is 63.5 Å². The Morgan fingerprint density at radius 2 is 1.68 bits per heavy atom. The van der Waals surface area contributed by atoms with E-state index in [1.807, 2.05) is 0 Å². The summed E-state index contributed by atoms with van der Waals surface area (Å²) in [5.41, 5.74) is 0. The van der Waals surface area contributed by atoms with Crippen molar-refractivity contribution in [3.63, 3.8) is 0 Å². The van der Waals surface area contributed by atoms with E-state index in [1.54, 1.807) is 24.3 Å². The van der Waals surface area contributed by atoms with Gasteiger partial charge < -0.3 is 24.4 Å². The summed E-state index contributed by atoms with van der Waals surface area (Å²) in [4.78, 5) is 52.8. The fraction of sp³-hybridized carbons (Fsp3) is 0.520. The van der Waals surface area contributed by atoms with Crippen LogP contribution in [0.25, 0.3) is 0 Å². The number of furan rings is 2. The summed E-state index contributed by atoms with van der Waals surface area (Å²) in [5, 5.41) is 5.65. The SMILES string of the molecule is O=C(N[C@@H](CC1CCCCC1)C(=O)N[C@H]1CCCN(C(=O)c2ccco2)CC1=O)c1ccco1. The van der Waals surface area contributed by atoms with Gasteiger partial charge in [0.1, 0.15) is 6.04 Å². The Morgan fingerprint density at radius 1 is 0.971 bits per heavy atom. The first-order chi connectivity index (χ1) is 16.5. The molecule has 2 aromatic heterocycles. The topological polar surface area (TPSA) is 122 Å². The maximum Gasteiger partial charge on any atom is 0.289 e. The third-order valence-electron chi connectivity index (χ3n) is 6.65. The summed E-state index contributed by atoms with van der Waals surface area (Å²) < 4.78 is 10.3. The maximum absolute atomic E-state index is 13.2. The largest absolute Gasteiger partial charge is 0.459 e. The second-order valence-electron chi connectivity index (χ2n) is 9.12. The van der Waals surface area contributed by atoms with E-state index in [4.69, 9.17) is 8.83 Å². The van der Waals surface area contributed by atoms with Crippen molar-refractivity contribution in [1.82, 2.24) is 15.5 Å². The van der Waals surface area contributed by atoms with Gasteiger partial charge in [-0.25, -0.2) is 0 Å². The Balaban J connectivity index is 1.40. The Hall–Kier alpha value is -3.36. The summed E-state index contributed by atoms with van der Waals surface area (Å²) in [6.07, 6.45) is 9.80. The van der Waals surface area contributed by atoms with Gasteiger partial charge in [-0.05, 0) is 49.4 Å². The van der Waals surface area contributed by atoms with E-state index < -0.39 is 18.0 Å². The Kier molecular flexibility index (Phi) is 7.82. The molecule has 4 rings (SSSR count). The smallest absolute Gasteiger partial charge is 0.289 e. The lowest BCUT2D eigenvalue weighted by molar-refractivity contribution is -0.129. The Morgan fingerprint density at radius 3 is 2.35 bits per heavy atom. The number of Topliss-reactive ketones (excluding diaryl/α,β-unsaturated/α-hetero) is 1. The molecule has 3 amide bonds. The van der Waals surface area contributed by atoms with E-state index in [1.165, 1.54) is 23.8 Å². The van der Waals surface area contributed by atoms with Crippen LogP contribution < -0.4 is 10.6 Å². The normalized spacial score (nSPS) is 20.4. The van der Waals surface area contributed by atoms with Gasteiger partial charge in [-0.2, -0.15) is 0 Å². The molecule has 2 aliphatic rings. The number of amides is 3. The van der Waals surface area contributed by atoms with Crippen LogP contribution in [0, 0.1) is 5.92 Å². The van der Waals surface area contributed by atoms with E-state index in [2.05, 4.69) is 10.6 Å². The Bertz CT molecular complexity index is 978. The van der Waals surface area contributed by atoms with Crippen LogP contribution in [0.15, 0.2) is 45.6 Å². The monoisotopic (exact) mass is 469 g/mol. The van der Waals surface area contributed by atoms with Crippen molar-refractivity contribution in [3.05, 3.63) is 48.3 Å². The molecule has 3 heterocycles. The number of nitrogens with one attached hydrogen (secondary N) is 2. The average molecular weight is 470 g/mol. The van der Waals surface area contributed by atoms with E-state index in [0.29, 0.717) is 31.7 Å². The number of carbonyl (C=O) groups excluding carboxylic acids is 4. The zero-order valence-corrected chi connectivity index (χ0v) is 19.2. The molecule has 1 saturated carbocycles. The van der Waals surface area contributed by atoms with E-state index in [9.17, 15) is 19.2 Å². The van der Waals surface area contributed by atoms with E-state index >= 15 is 0 Å². The third kappa shape index (κ3) is 5.95. The fourth-order valence-corrected chi connectivity index (χ4v) is 4.80. The molecule has 0 aromatic carbocycles. The minimum absolute atomic E-state index is 0.101. The predicted molar refractivity (Wildman–Crippen MR) is 122 cm³/mol. The van der Waals surface area contributed by atoms with Gasteiger partial charge in [-0.15, -0.1) is 0 Å². The first-order valence-electron chi connectivity index (χ1n) is 12.0. The molecule has 2 N–H and O–H groups in total. The molecular formula is C25H31N3O6. The van der Waals surface area contributed by atoms with E-state index in [-0.39, 0.29) is 35.7 Å². The second kappa shape index (κ2) is 11.2. The molecule has 0 bridgehead atoms. The highest BCUT2D eigenvalue weighted by molar-refractivity contribution is 5.99. The highest BCUT2D eigenvalue weighted by atomic mass is 16.3. The van der Waals surface area contributed by atoms with Crippen LogP contribution in [-0.2, 0) is 9.59 Å². The number of rotatable bonds is 7. The molecule has 2 aromatic rings. The van der Waals surface area contributed by atoms with Gasteiger partial charge in [0.15, 0.2) is 17.3 Å². The molecule has 9 heteroatoms. The highest BCUT2D eigenvalue weighted by Crippen LogP contribution is 2.27. The van der Waals surface area contributed by atoms with Crippen LogP contribution in [0.4, 0.5) is 0 Å². The third-order valence-corrected chi connectivity index (χ3v) is 6.65. The Labute approximate surface area is 198 Å². The second-order valence-corrected chi connectivity index (χ2v) is 9.12. The van der Waals surface area contributed by atoms with Gasteiger partial charge in [0.2, 0.25) is 5.91 Å². The molecule has 2 atom stereocenters. The van der Waals surface area contributed by atoms with Crippen LogP contribution in [0.5, 0.6) is 0 Å². The number of likely N-dealkylation sites (tertiary alicyclic amines) is 1. The van der Waals surface area contributed by atoms with Gasteiger partial charge in [0, 0.05) is 6.54 Å². The fourth-order valence-electron chi connectivity index (χ4n) is 4.80. The summed E-state index contributed by atoms with van der Waals surface area (Å²) in [6.45, 7) is 0.300. The van der Waals surface area contributed by atoms with Crippen molar-refractivity contribution in [1.29, 1.82) is 0 Å². The van der Waals surface area contributed by atoms with Crippen molar-refractivity contribution in [2.24, 2.45) is 5.92 Å². The van der Waals surface area contributed by atoms with Gasteiger partial charge >= 0.3 is 0 Å². The molecule has 34 heavy (non-hydrogen) atoms. The van der Waals surface area contributed by atoms with E-state index in [0.717, 1.165) is 25.7 Å². The van der Waals surface area contributed by atoms with Gasteiger partial charge in [0.05, 0.1) is 25.1 Å². The lowest BCUT2D eigenvalue weighted by Gasteiger charge is -2.27. The molecule has 2 fully saturated rings. The van der Waals surface area contributed by atoms with Crippen LogP contribution in [0.3, 0.4) is 0 Å². The molecule has 1 aliphatic carbocycles. The van der Waals surface area contributed by atoms with Crippen LogP contribution in [-0.4, -0.2) is 53.6 Å².